The lowest BCUT2D eigenvalue weighted by molar-refractivity contribution is 0.0756. The molecule has 1 saturated heterocycles. The minimum absolute atomic E-state index is 0.214. The van der Waals surface area contributed by atoms with Gasteiger partial charge in [0.1, 0.15) is 0 Å². The Bertz CT molecular complexity index is 269. The predicted octanol–water partition coefficient (Wildman–Crippen LogP) is 1.40. The van der Waals surface area contributed by atoms with Gasteiger partial charge in [0.15, 0.2) is 0 Å². The van der Waals surface area contributed by atoms with Gasteiger partial charge < -0.3 is 10.1 Å². The van der Waals surface area contributed by atoms with Gasteiger partial charge in [-0.1, -0.05) is 11.6 Å². The Labute approximate surface area is 82.1 Å². The number of hydrogen-bond donors (Lipinski definition) is 1. The monoisotopic (exact) mass is 198 g/mol. The SMILES string of the molecule is Clc1ccc([C@@H]2COCCN2)nc1. The van der Waals surface area contributed by atoms with Crippen LogP contribution in [0.2, 0.25) is 5.02 Å². The van der Waals surface area contributed by atoms with Gasteiger partial charge in [0.2, 0.25) is 0 Å². The van der Waals surface area contributed by atoms with Crippen LogP contribution in [0.1, 0.15) is 11.7 Å². The number of pyridine rings is 1. The molecule has 1 aromatic rings. The van der Waals surface area contributed by atoms with Crippen molar-refractivity contribution < 1.29 is 4.74 Å². The molecule has 0 radical (unpaired) electrons. The highest BCUT2D eigenvalue weighted by atomic mass is 35.5. The summed E-state index contributed by atoms with van der Waals surface area (Å²) in [5.41, 5.74) is 0.990. The summed E-state index contributed by atoms with van der Waals surface area (Å²) in [6.07, 6.45) is 1.66. The fourth-order valence-corrected chi connectivity index (χ4v) is 1.46. The smallest absolute Gasteiger partial charge is 0.0733 e. The van der Waals surface area contributed by atoms with Crippen LogP contribution in [0, 0.1) is 0 Å². The molecule has 0 spiro atoms. The third kappa shape index (κ3) is 2.18. The van der Waals surface area contributed by atoms with Crippen molar-refractivity contribution in [3.8, 4) is 0 Å². The highest BCUT2D eigenvalue weighted by Gasteiger charge is 2.15. The van der Waals surface area contributed by atoms with Crippen LogP contribution in [0.3, 0.4) is 0 Å². The lowest BCUT2D eigenvalue weighted by Crippen LogP contribution is -2.34. The highest BCUT2D eigenvalue weighted by Crippen LogP contribution is 2.15. The van der Waals surface area contributed by atoms with Gasteiger partial charge in [-0.05, 0) is 12.1 Å². The van der Waals surface area contributed by atoms with Crippen molar-refractivity contribution in [3.63, 3.8) is 0 Å². The van der Waals surface area contributed by atoms with E-state index in [1.54, 1.807) is 6.20 Å². The minimum Gasteiger partial charge on any atom is -0.378 e. The average molecular weight is 199 g/mol. The van der Waals surface area contributed by atoms with Crippen molar-refractivity contribution in [3.05, 3.63) is 29.0 Å². The fourth-order valence-electron chi connectivity index (χ4n) is 1.35. The fraction of sp³-hybridized carbons (Fsp3) is 0.444. The van der Waals surface area contributed by atoms with E-state index >= 15 is 0 Å². The summed E-state index contributed by atoms with van der Waals surface area (Å²) >= 11 is 5.74. The minimum atomic E-state index is 0.214. The van der Waals surface area contributed by atoms with Gasteiger partial charge in [0.05, 0.1) is 30.0 Å². The first-order valence-electron chi connectivity index (χ1n) is 4.29. The summed E-state index contributed by atoms with van der Waals surface area (Å²) in [6.45, 7) is 2.35. The van der Waals surface area contributed by atoms with Gasteiger partial charge in [0.25, 0.3) is 0 Å². The number of nitrogens with one attached hydrogen (secondary N) is 1. The normalized spacial score (nSPS) is 23.0. The van der Waals surface area contributed by atoms with Crippen LogP contribution in [-0.4, -0.2) is 24.7 Å². The van der Waals surface area contributed by atoms with E-state index in [0.717, 1.165) is 18.8 Å². The molecule has 4 heteroatoms. The molecule has 0 aliphatic carbocycles. The Hall–Kier alpha value is -0.640. The van der Waals surface area contributed by atoms with Crippen molar-refractivity contribution >= 4 is 11.6 Å². The van der Waals surface area contributed by atoms with E-state index in [1.807, 2.05) is 12.1 Å². The first-order chi connectivity index (χ1) is 6.36. The van der Waals surface area contributed by atoms with Gasteiger partial charge in [-0.15, -0.1) is 0 Å². The Kier molecular flexibility index (Phi) is 2.78. The average Bonchev–Trinajstić information content (AvgIpc) is 2.20. The third-order valence-electron chi connectivity index (χ3n) is 2.03. The van der Waals surface area contributed by atoms with Gasteiger partial charge in [-0.25, -0.2) is 0 Å². The van der Waals surface area contributed by atoms with E-state index in [4.69, 9.17) is 16.3 Å². The Morgan fingerprint density at radius 1 is 1.54 bits per heavy atom. The molecule has 1 N–H and O–H groups in total. The zero-order valence-corrected chi connectivity index (χ0v) is 7.92. The van der Waals surface area contributed by atoms with Crippen molar-refractivity contribution in [1.29, 1.82) is 0 Å². The van der Waals surface area contributed by atoms with Crippen LogP contribution in [0.15, 0.2) is 18.3 Å². The van der Waals surface area contributed by atoms with Crippen molar-refractivity contribution in [2.75, 3.05) is 19.8 Å². The number of hydrogen-bond acceptors (Lipinski definition) is 3. The zero-order chi connectivity index (χ0) is 9.10. The van der Waals surface area contributed by atoms with E-state index in [-0.39, 0.29) is 6.04 Å². The second-order valence-electron chi connectivity index (χ2n) is 2.98. The molecule has 2 rings (SSSR count). The maximum atomic E-state index is 5.74. The standard InChI is InChI=1S/C9H11ClN2O/c10-7-1-2-8(12-5-7)9-6-13-4-3-11-9/h1-2,5,9,11H,3-4,6H2/t9-/m0/s1. The van der Waals surface area contributed by atoms with E-state index in [1.165, 1.54) is 0 Å². The quantitative estimate of drug-likeness (QED) is 0.741. The summed E-state index contributed by atoms with van der Waals surface area (Å²) in [5.74, 6) is 0. The molecule has 2 heterocycles. The van der Waals surface area contributed by atoms with Crippen LogP contribution in [0.25, 0.3) is 0 Å². The molecular formula is C9H11ClN2O. The van der Waals surface area contributed by atoms with Gasteiger partial charge in [0, 0.05) is 12.7 Å². The van der Waals surface area contributed by atoms with Gasteiger partial charge in [-0.3, -0.25) is 4.98 Å². The van der Waals surface area contributed by atoms with Crippen LogP contribution < -0.4 is 5.32 Å². The number of morpholine rings is 1. The molecule has 1 aliphatic heterocycles. The largest absolute Gasteiger partial charge is 0.378 e. The maximum absolute atomic E-state index is 5.74. The second-order valence-corrected chi connectivity index (χ2v) is 3.42. The van der Waals surface area contributed by atoms with Crippen molar-refractivity contribution in [1.82, 2.24) is 10.3 Å². The van der Waals surface area contributed by atoms with E-state index in [9.17, 15) is 0 Å². The summed E-state index contributed by atoms with van der Waals surface area (Å²) in [7, 11) is 0. The lowest BCUT2D eigenvalue weighted by atomic mass is 10.2. The predicted molar refractivity (Wildman–Crippen MR) is 50.8 cm³/mol. The molecule has 1 fully saturated rings. The molecule has 3 nitrogen and oxygen atoms in total. The summed E-state index contributed by atoms with van der Waals surface area (Å²) < 4.78 is 5.33. The number of halogens is 1. The molecule has 0 saturated carbocycles. The number of ether oxygens (including phenoxy) is 1. The van der Waals surface area contributed by atoms with E-state index in [2.05, 4.69) is 10.3 Å². The molecule has 70 valence electrons. The molecule has 13 heavy (non-hydrogen) atoms. The van der Waals surface area contributed by atoms with Gasteiger partial charge >= 0.3 is 0 Å². The van der Waals surface area contributed by atoms with E-state index in [0.29, 0.717) is 11.6 Å². The molecule has 0 aromatic carbocycles. The number of nitrogens with zero attached hydrogens (tertiary/aromatic N) is 1. The molecule has 0 bridgehead atoms. The number of aromatic nitrogens is 1. The third-order valence-corrected chi connectivity index (χ3v) is 2.25. The first kappa shape index (κ1) is 8.94. The molecular weight excluding hydrogens is 188 g/mol. The summed E-state index contributed by atoms with van der Waals surface area (Å²) in [6, 6.07) is 3.99. The van der Waals surface area contributed by atoms with E-state index < -0.39 is 0 Å². The zero-order valence-electron chi connectivity index (χ0n) is 7.16. The van der Waals surface area contributed by atoms with Gasteiger partial charge in [-0.2, -0.15) is 0 Å². The Morgan fingerprint density at radius 3 is 3.08 bits per heavy atom. The molecule has 0 unspecified atom stereocenters. The van der Waals surface area contributed by atoms with Crippen molar-refractivity contribution in [2.45, 2.75) is 6.04 Å². The molecule has 0 amide bonds. The molecule has 1 atom stereocenters. The summed E-state index contributed by atoms with van der Waals surface area (Å²) in [4.78, 5) is 4.23. The van der Waals surface area contributed by atoms with Crippen LogP contribution in [0.5, 0.6) is 0 Å². The topological polar surface area (TPSA) is 34.1 Å². The second kappa shape index (κ2) is 4.05. The maximum Gasteiger partial charge on any atom is 0.0733 e. The van der Waals surface area contributed by atoms with Crippen LogP contribution in [-0.2, 0) is 4.74 Å². The highest BCUT2D eigenvalue weighted by molar-refractivity contribution is 6.30. The van der Waals surface area contributed by atoms with Crippen LogP contribution in [0.4, 0.5) is 0 Å². The Morgan fingerprint density at radius 2 is 2.46 bits per heavy atom. The lowest BCUT2D eigenvalue weighted by Gasteiger charge is -2.23. The number of rotatable bonds is 1. The molecule has 1 aliphatic rings. The summed E-state index contributed by atoms with van der Waals surface area (Å²) in [5, 5.41) is 3.99. The van der Waals surface area contributed by atoms with Crippen molar-refractivity contribution in [2.24, 2.45) is 0 Å². The Balaban J connectivity index is 2.10. The van der Waals surface area contributed by atoms with Crippen LogP contribution >= 0.6 is 11.6 Å². The first-order valence-corrected chi connectivity index (χ1v) is 4.66. The molecule has 1 aromatic heterocycles.